The van der Waals surface area contributed by atoms with E-state index in [0.717, 1.165) is 25.9 Å². The molecule has 0 unspecified atom stereocenters. The van der Waals surface area contributed by atoms with Gasteiger partial charge in [0.1, 0.15) is 0 Å². The minimum Gasteiger partial charge on any atom is -0.662 e. The van der Waals surface area contributed by atoms with Crippen LogP contribution in [-0.2, 0) is 37.5 Å². The fraction of sp³-hybridized carbons (Fsp3) is 0.833. The summed E-state index contributed by atoms with van der Waals surface area (Å²) < 4.78 is 0. The molecule has 0 saturated carbocycles. The molecule has 0 atom stereocenters. The van der Waals surface area contributed by atoms with Gasteiger partial charge >= 0.3 is 0 Å². The third-order valence-corrected chi connectivity index (χ3v) is 1.41. The number of hydrogen-bond acceptors (Lipinski definition) is 2. The number of nitrogens with zero attached hydrogens (tertiary/aromatic N) is 1. The molecule has 0 bridgehead atoms. The summed E-state index contributed by atoms with van der Waals surface area (Å²) in [5.41, 5.74) is 0. The molecule has 3 nitrogen and oxygen atoms in total. The van der Waals surface area contributed by atoms with E-state index < -0.39 is 0 Å². The van der Waals surface area contributed by atoms with E-state index in [4.69, 9.17) is 5.90 Å². The maximum atomic E-state index is 4.96. The van der Waals surface area contributed by atoms with Crippen molar-refractivity contribution in [2.45, 2.75) is 18.9 Å². The predicted octanol–water partition coefficient (Wildman–Crippen LogP) is 0.861. The van der Waals surface area contributed by atoms with Crippen molar-refractivity contribution >= 4 is 0 Å². The van der Waals surface area contributed by atoms with Crippen LogP contribution in [-0.4, -0.2) is 19.2 Å². The van der Waals surface area contributed by atoms with Crippen LogP contribution in [0.3, 0.4) is 0 Å². The van der Waals surface area contributed by atoms with Gasteiger partial charge in [-0.15, -0.1) is 13.1 Å². The van der Waals surface area contributed by atoms with Crippen molar-refractivity contribution in [1.82, 2.24) is 0 Å². The Labute approximate surface area is 87.9 Å². The molecule has 1 aliphatic heterocycles. The topological polar surface area (TPSA) is 49.4 Å². The van der Waals surface area contributed by atoms with Crippen LogP contribution < -0.4 is 5.90 Å². The monoisotopic (exact) mass is 219 g/mol. The Morgan fingerprint density at radius 2 is 1.80 bits per heavy atom. The Bertz CT molecular complexity index is 66.8. The first-order valence-corrected chi connectivity index (χ1v) is 2.92. The summed E-state index contributed by atoms with van der Waals surface area (Å²) in [5.74, 6) is 4.96. The van der Waals surface area contributed by atoms with Crippen LogP contribution in [0.1, 0.15) is 12.8 Å². The Hall–Kier alpha value is 0.984. The molecule has 0 aromatic rings. The Morgan fingerprint density at radius 3 is 2.10 bits per heavy atom. The molecule has 59 valence electrons. The van der Waals surface area contributed by atoms with E-state index in [1.165, 1.54) is 0 Å². The van der Waals surface area contributed by atoms with Gasteiger partial charge in [-0.2, -0.15) is 0 Å². The maximum absolute atomic E-state index is 4.96. The predicted molar refractivity (Wildman–Crippen MR) is 37.8 cm³/mol. The molecule has 4 heteroatoms. The smallest absolute Gasteiger partial charge is 0.0754 e. The van der Waals surface area contributed by atoms with Crippen LogP contribution in [0.2, 0.25) is 0 Å². The molecule has 1 rings (SSSR count). The minimum atomic E-state index is 0. The van der Waals surface area contributed by atoms with Gasteiger partial charge in [-0.1, -0.05) is 0 Å². The molecule has 0 aromatic carbocycles. The van der Waals surface area contributed by atoms with Crippen LogP contribution in [0.25, 0.3) is 5.32 Å². The van der Waals surface area contributed by atoms with Crippen LogP contribution in [0.4, 0.5) is 0 Å². The summed E-state index contributed by atoms with van der Waals surface area (Å²) in [7, 11) is 0. The average Bonchev–Trinajstić information content (AvgIpc) is 1.90. The normalized spacial score (nSPS) is 18.9. The fourth-order valence-corrected chi connectivity index (χ4v) is 0.863. The molecule has 10 heavy (non-hydrogen) atoms. The van der Waals surface area contributed by atoms with Crippen molar-refractivity contribution in [2.24, 2.45) is 5.90 Å². The van der Waals surface area contributed by atoms with Gasteiger partial charge in [0.25, 0.3) is 0 Å². The number of nitrogens with two attached hydrogens (primary N) is 1. The van der Waals surface area contributed by atoms with Crippen molar-refractivity contribution < 1.29 is 37.5 Å². The van der Waals surface area contributed by atoms with Gasteiger partial charge in [0.15, 0.2) is 0 Å². The van der Waals surface area contributed by atoms with E-state index in [-0.39, 0.29) is 46.2 Å². The third-order valence-electron chi connectivity index (χ3n) is 1.41. The van der Waals surface area contributed by atoms with Gasteiger partial charge in [-0.3, -0.25) is 0 Å². The van der Waals surface area contributed by atoms with Gasteiger partial charge in [0.2, 0.25) is 0 Å². The SMILES string of the molecule is NOC1CC[N-]CC1.[CH3-].[Y]. The Morgan fingerprint density at radius 1 is 1.30 bits per heavy atom. The van der Waals surface area contributed by atoms with Gasteiger partial charge in [-0.05, 0) is 12.8 Å². The molecule has 0 aliphatic carbocycles. The molecule has 1 saturated heterocycles. The average molecular weight is 219 g/mol. The maximum Gasteiger partial charge on any atom is 0.0754 e. The van der Waals surface area contributed by atoms with Gasteiger partial charge in [0.05, 0.1) is 6.10 Å². The van der Waals surface area contributed by atoms with Crippen molar-refractivity contribution in [3.8, 4) is 0 Å². The van der Waals surface area contributed by atoms with Crippen molar-refractivity contribution in [2.75, 3.05) is 13.1 Å². The minimum absolute atomic E-state index is 0. The van der Waals surface area contributed by atoms with Crippen LogP contribution in [0, 0.1) is 7.43 Å². The van der Waals surface area contributed by atoms with Crippen molar-refractivity contribution in [3.63, 3.8) is 0 Å². The van der Waals surface area contributed by atoms with E-state index in [0.29, 0.717) is 0 Å². The van der Waals surface area contributed by atoms with Gasteiger partial charge < -0.3 is 17.6 Å². The van der Waals surface area contributed by atoms with E-state index in [1.54, 1.807) is 0 Å². The quantitative estimate of drug-likeness (QED) is 0.525. The summed E-state index contributed by atoms with van der Waals surface area (Å²) in [6, 6.07) is 0. The molecule has 1 fully saturated rings. The summed E-state index contributed by atoms with van der Waals surface area (Å²) >= 11 is 0. The molecule has 1 radical (unpaired) electrons. The second-order valence-electron chi connectivity index (χ2n) is 2.01. The van der Waals surface area contributed by atoms with E-state index in [9.17, 15) is 0 Å². The summed E-state index contributed by atoms with van der Waals surface area (Å²) in [4.78, 5) is 4.63. The second kappa shape index (κ2) is 8.08. The molecule has 2 N–H and O–H groups in total. The zero-order valence-electron chi connectivity index (χ0n) is 6.42. The molecular weight excluding hydrogens is 205 g/mol. The van der Waals surface area contributed by atoms with Crippen LogP contribution in [0.15, 0.2) is 0 Å². The van der Waals surface area contributed by atoms with Gasteiger partial charge in [-0.25, -0.2) is 5.90 Å². The largest absolute Gasteiger partial charge is 0.662 e. The number of hydrogen-bond donors (Lipinski definition) is 1. The molecule has 1 heterocycles. The first-order valence-electron chi connectivity index (χ1n) is 2.92. The number of piperidine rings is 1. The molecule has 1 aliphatic rings. The summed E-state index contributed by atoms with van der Waals surface area (Å²) in [6.45, 7) is 1.84. The van der Waals surface area contributed by atoms with Crippen LogP contribution in [0.5, 0.6) is 0 Å². The van der Waals surface area contributed by atoms with E-state index in [1.807, 2.05) is 0 Å². The molecule has 0 amide bonds. The van der Waals surface area contributed by atoms with Gasteiger partial charge in [0, 0.05) is 32.7 Å². The summed E-state index contributed by atoms with van der Waals surface area (Å²) in [6.07, 6.45) is 2.26. The Balaban J connectivity index is 0. The number of rotatable bonds is 1. The fourth-order valence-electron chi connectivity index (χ4n) is 0.863. The Kier molecular flexibility index (Phi) is 11.0. The van der Waals surface area contributed by atoms with E-state index in [2.05, 4.69) is 10.2 Å². The van der Waals surface area contributed by atoms with Crippen LogP contribution >= 0.6 is 0 Å². The first-order chi connectivity index (χ1) is 3.93. The molecule has 0 spiro atoms. The van der Waals surface area contributed by atoms with Crippen molar-refractivity contribution in [1.29, 1.82) is 0 Å². The zero-order chi connectivity index (χ0) is 5.82. The van der Waals surface area contributed by atoms with Crippen molar-refractivity contribution in [3.05, 3.63) is 12.7 Å². The first kappa shape index (κ1) is 13.6. The standard InChI is InChI=1S/C5H11N2O.CH3.Y/c6-8-5-1-3-7-4-2-5;;/h5H,1-4,6H2;1H3;/q2*-1;. The summed E-state index contributed by atoms with van der Waals surface area (Å²) in [5, 5.41) is 4.14. The van der Waals surface area contributed by atoms with E-state index >= 15 is 0 Å². The zero-order valence-corrected chi connectivity index (χ0v) is 9.25. The molecule has 0 aromatic heterocycles. The second-order valence-corrected chi connectivity index (χ2v) is 2.01. The third kappa shape index (κ3) is 4.75. The molecular formula is C6H14N2OY-2.